The predicted octanol–water partition coefficient (Wildman–Crippen LogP) is 3.48. The molecule has 0 aliphatic heterocycles. The van der Waals surface area contributed by atoms with Gasteiger partial charge >= 0.3 is 5.97 Å². The third-order valence-corrected chi connectivity index (χ3v) is 7.71. The Morgan fingerprint density at radius 2 is 2.06 bits per heavy atom. The zero-order chi connectivity index (χ0) is 23.7. The number of H-pyrrole nitrogens is 1. The van der Waals surface area contributed by atoms with Crippen molar-refractivity contribution >= 4 is 56.1 Å². The van der Waals surface area contributed by atoms with E-state index in [0.29, 0.717) is 21.9 Å². The van der Waals surface area contributed by atoms with Crippen LogP contribution in [0.4, 0.5) is 0 Å². The Hall–Kier alpha value is -3.11. The van der Waals surface area contributed by atoms with Crippen molar-refractivity contribution in [1.82, 2.24) is 19.9 Å². The SMILES string of the molecule is CCn1c(SCC(=O)NC(Cc2c[nH]c3ccccc23)C(=O)O)nc2sc(C)c(C)c2c1=O. The number of hydrogen-bond donors (Lipinski definition) is 3. The number of para-hydroxylation sites is 1. The molecule has 8 nitrogen and oxygen atoms in total. The van der Waals surface area contributed by atoms with Crippen LogP contribution in [0.2, 0.25) is 0 Å². The first-order valence-corrected chi connectivity index (χ1v) is 12.3. The van der Waals surface area contributed by atoms with Gasteiger partial charge in [-0.2, -0.15) is 0 Å². The summed E-state index contributed by atoms with van der Waals surface area (Å²) in [5.41, 5.74) is 2.55. The average molecular weight is 485 g/mol. The van der Waals surface area contributed by atoms with Crippen LogP contribution in [-0.2, 0) is 22.6 Å². The Morgan fingerprint density at radius 3 is 2.79 bits per heavy atom. The smallest absolute Gasteiger partial charge is 0.326 e. The fraction of sp³-hybridized carbons (Fsp3) is 0.304. The molecule has 0 aliphatic rings. The van der Waals surface area contributed by atoms with Gasteiger partial charge in [0.15, 0.2) is 5.16 Å². The van der Waals surface area contributed by atoms with Crippen LogP contribution in [0.5, 0.6) is 0 Å². The number of nitrogens with zero attached hydrogens (tertiary/aromatic N) is 2. The summed E-state index contributed by atoms with van der Waals surface area (Å²) in [6, 6.07) is 6.55. The largest absolute Gasteiger partial charge is 0.480 e. The van der Waals surface area contributed by atoms with E-state index in [1.807, 2.05) is 45.0 Å². The van der Waals surface area contributed by atoms with Gasteiger partial charge in [-0.15, -0.1) is 11.3 Å². The fourth-order valence-electron chi connectivity index (χ4n) is 3.78. The van der Waals surface area contributed by atoms with Crippen LogP contribution in [0.3, 0.4) is 0 Å². The standard InChI is InChI=1S/C23H24N4O4S2/c1-4-27-21(29)19-12(2)13(3)33-20(19)26-23(27)32-11-18(28)25-17(22(30)31)9-14-10-24-16-8-6-5-7-15(14)16/h5-8,10,17,24H,4,9,11H2,1-3H3,(H,25,28)(H,30,31). The molecule has 0 radical (unpaired) electrons. The molecule has 3 N–H and O–H groups in total. The number of carbonyl (C=O) groups excluding carboxylic acids is 1. The number of thioether (sulfide) groups is 1. The highest BCUT2D eigenvalue weighted by molar-refractivity contribution is 7.99. The van der Waals surface area contributed by atoms with E-state index in [4.69, 9.17) is 0 Å². The summed E-state index contributed by atoms with van der Waals surface area (Å²) in [6.45, 7) is 6.16. The minimum atomic E-state index is -1.10. The van der Waals surface area contributed by atoms with Gasteiger partial charge in [0.25, 0.3) is 5.56 Å². The molecule has 1 unspecified atom stereocenters. The molecule has 0 saturated carbocycles. The molecule has 0 fully saturated rings. The number of aromatic nitrogens is 3. The van der Waals surface area contributed by atoms with E-state index in [0.717, 1.165) is 38.7 Å². The Labute approximate surface area is 198 Å². The Morgan fingerprint density at radius 1 is 1.30 bits per heavy atom. The monoisotopic (exact) mass is 484 g/mol. The lowest BCUT2D eigenvalue weighted by Crippen LogP contribution is -2.43. The molecule has 172 valence electrons. The molecule has 1 aromatic carbocycles. The van der Waals surface area contributed by atoms with Gasteiger partial charge in [-0.05, 0) is 38.0 Å². The zero-order valence-corrected chi connectivity index (χ0v) is 20.1. The minimum Gasteiger partial charge on any atom is -0.480 e. The molecule has 0 bridgehead atoms. The first-order valence-electron chi connectivity index (χ1n) is 10.5. The molecule has 10 heteroatoms. The molecule has 0 aliphatic carbocycles. The summed E-state index contributed by atoms with van der Waals surface area (Å²) in [7, 11) is 0. The summed E-state index contributed by atoms with van der Waals surface area (Å²) in [4.78, 5) is 46.8. The summed E-state index contributed by atoms with van der Waals surface area (Å²) in [5.74, 6) is -1.57. The van der Waals surface area contributed by atoms with Gasteiger partial charge in [-0.25, -0.2) is 9.78 Å². The second-order valence-corrected chi connectivity index (χ2v) is 9.86. The predicted molar refractivity (Wildman–Crippen MR) is 131 cm³/mol. The first-order chi connectivity index (χ1) is 15.8. The molecule has 0 saturated heterocycles. The molecule has 33 heavy (non-hydrogen) atoms. The minimum absolute atomic E-state index is 0.0427. The summed E-state index contributed by atoms with van der Waals surface area (Å²) in [6.07, 6.45) is 1.93. The van der Waals surface area contributed by atoms with E-state index in [1.54, 1.807) is 10.8 Å². The van der Waals surface area contributed by atoms with Crippen molar-refractivity contribution in [2.75, 3.05) is 5.75 Å². The van der Waals surface area contributed by atoms with Crippen LogP contribution in [0.1, 0.15) is 22.9 Å². The third-order valence-electron chi connectivity index (χ3n) is 5.63. The third kappa shape index (κ3) is 4.53. The number of rotatable bonds is 8. The van der Waals surface area contributed by atoms with E-state index in [9.17, 15) is 19.5 Å². The quantitative estimate of drug-likeness (QED) is 0.260. The molecule has 1 amide bonds. The van der Waals surface area contributed by atoms with Crippen molar-refractivity contribution in [3.63, 3.8) is 0 Å². The number of aryl methyl sites for hydroxylation is 2. The number of aliphatic carboxylic acids is 1. The lowest BCUT2D eigenvalue weighted by atomic mass is 10.1. The Bertz CT molecular complexity index is 1420. The molecule has 1 atom stereocenters. The van der Waals surface area contributed by atoms with Crippen LogP contribution in [0.15, 0.2) is 40.4 Å². The van der Waals surface area contributed by atoms with Crippen molar-refractivity contribution in [2.24, 2.45) is 0 Å². The van der Waals surface area contributed by atoms with Gasteiger partial charge in [0.05, 0.1) is 11.1 Å². The lowest BCUT2D eigenvalue weighted by Gasteiger charge is -2.15. The first kappa shape index (κ1) is 23.1. The number of carboxylic acids is 1. The lowest BCUT2D eigenvalue weighted by molar-refractivity contribution is -0.141. The van der Waals surface area contributed by atoms with E-state index in [2.05, 4.69) is 15.3 Å². The average Bonchev–Trinajstić information content (AvgIpc) is 3.32. The Balaban J connectivity index is 1.49. The maximum Gasteiger partial charge on any atom is 0.326 e. The van der Waals surface area contributed by atoms with Gasteiger partial charge in [-0.1, -0.05) is 30.0 Å². The number of aromatic amines is 1. The van der Waals surface area contributed by atoms with Crippen molar-refractivity contribution in [2.45, 2.75) is 44.9 Å². The van der Waals surface area contributed by atoms with E-state index >= 15 is 0 Å². The Kier molecular flexibility index (Phi) is 6.57. The molecular formula is C23H24N4O4S2. The number of nitrogens with one attached hydrogen (secondary N) is 2. The van der Waals surface area contributed by atoms with Crippen LogP contribution in [-0.4, -0.2) is 43.3 Å². The fourth-order valence-corrected chi connectivity index (χ4v) is 5.73. The maximum atomic E-state index is 12.9. The highest BCUT2D eigenvalue weighted by atomic mass is 32.2. The van der Waals surface area contributed by atoms with Gasteiger partial charge in [0, 0.05) is 34.9 Å². The topological polar surface area (TPSA) is 117 Å². The number of hydrogen-bond acceptors (Lipinski definition) is 6. The molecule has 3 heterocycles. The van der Waals surface area contributed by atoms with Gasteiger partial charge in [0.2, 0.25) is 5.91 Å². The molecule has 3 aromatic heterocycles. The normalized spacial score (nSPS) is 12.3. The van der Waals surface area contributed by atoms with E-state index < -0.39 is 17.9 Å². The number of amides is 1. The van der Waals surface area contributed by atoms with E-state index in [1.165, 1.54) is 11.3 Å². The van der Waals surface area contributed by atoms with Crippen molar-refractivity contribution in [1.29, 1.82) is 0 Å². The van der Waals surface area contributed by atoms with Crippen LogP contribution in [0, 0.1) is 13.8 Å². The van der Waals surface area contributed by atoms with Gasteiger partial charge in [0.1, 0.15) is 10.9 Å². The number of carbonyl (C=O) groups is 2. The molecule has 0 spiro atoms. The molecular weight excluding hydrogens is 460 g/mol. The van der Waals surface area contributed by atoms with Crippen LogP contribution >= 0.6 is 23.1 Å². The van der Waals surface area contributed by atoms with E-state index in [-0.39, 0.29) is 17.7 Å². The van der Waals surface area contributed by atoms with Crippen molar-refractivity contribution in [3.05, 3.63) is 56.8 Å². The van der Waals surface area contributed by atoms with Crippen LogP contribution in [0.25, 0.3) is 21.1 Å². The summed E-state index contributed by atoms with van der Waals surface area (Å²) >= 11 is 2.59. The number of benzene rings is 1. The zero-order valence-electron chi connectivity index (χ0n) is 18.5. The second kappa shape index (κ2) is 9.40. The highest BCUT2D eigenvalue weighted by Crippen LogP contribution is 2.28. The second-order valence-electron chi connectivity index (χ2n) is 7.72. The summed E-state index contributed by atoms with van der Waals surface area (Å²) in [5, 5.41) is 14.3. The van der Waals surface area contributed by atoms with Crippen molar-refractivity contribution < 1.29 is 14.7 Å². The number of thiophene rings is 1. The molecule has 4 aromatic rings. The van der Waals surface area contributed by atoms with Crippen LogP contribution < -0.4 is 10.9 Å². The highest BCUT2D eigenvalue weighted by Gasteiger charge is 2.23. The van der Waals surface area contributed by atoms with Gasteiger partial charge < -0.3 is 15.4 Å². The summed E-state index contributed by atoms with van der Waals surface area (Å²) < 4.78 is 1.56. The van der Waals surface area contributed by atoms with Gasteiger partial charge in [-0.3, -0.25) is 14.2 Å². The van der Waals surface area contributed by atoms with Crippen molar-refractivity contribution in [3.8, 4) is 0 Å². The maximum absolute atomic E-state index is 12.9. The molecule has 4 rings (SSSR count). The number of fused-ring (bicyclic) bond motifs is 2. The number of carboxylic acid groups (broad SMARTS) is 1.